The zero-order chi connectivity index (χ0) is 30.5. The van der Waals surface area contributed by atoms with Gasteiger partial charge in [0.25, 0.3) is 11.8 Å². The Morgan fingerprint density at radius 2 is 1.74 bits per heavy atom. The number of para-hydroxylation sites is 1. The molecule has 0 saturated carbocycles. The van der Waals surface area contributed by atoms with Gasteiger partial charge in [0, 0.05) is 41.8 Å². The lowest BCUT2D eigenvalue weighted by molar-refractivity contribution is -0.136. The standard InChI is InChI=1S/C33H31ClFN3O4S/c1-22-19-27(42-26-7-4-3-5-8-26)14-15-28(22)38(30(39)20-34)31(29-9-6-18-43-29)33(41)36-16-17-37(23(2)21-36)32(40)24-10-12-25(35)13-11-24/h3-15,18-19,23,31H,16-17,20-21H2,1-2H3. The molecule has 2 heterocycles. The third-order valence-electron chi connectivity index (χ3n) is 7.39. The summed E-state index contributed by atoms with van der Waals surface area (Å²) in [6, 6.07) is 22.6. The summed E-state index contributed by atoms with van der Waals surface area (Å²) in [6.45, 7) is 4.59. The number of benzene rings is 3. The molecule has 7 nitrogen and oxygen atoms in total. The normalized spacial score (nSPS) is 15.6. The van der Waals surface area contributed by atoms with Crippen LogP contribution in [0.4, 0.5) is 10.1 Å². The van der Waals surface area contributed by atoms with Gasteiger partial charge in [0.2, 0.25) is 5.91 Å². The number of anilines is 1. The molecule has 1 saturated heterocycles. The van der Waals surface area contributed by atoms with E-state index in [-0.39, 0.29) is 36.8 Å². The molecule has 0 aliphatic carbocycles. The average Bonchev–Trinajstić information content (AvgIpc) is 3.55. The van der Waals surface area contributed by atoms with E-state index < -0.39 is 17.8 Å². The number of hydrogen-bond acceptors (Lipinski definition) is 5. The molecule has 222 valence electrons. The van der Waals surface area contributed by atoms with Crippen LogP contribution in [0.3, 0.4) is 0 Å². The number of hydrogen-bond donors (Lipinski definition) is 0. The summed E-state index contributed by atoms with van der Waals surface area (Å²) < 4.78 is 19.4. The second-order valence-electron chi connectivity index (χ2n) is 10.3. The van der Waals surface area contributed by atoms with Crippen molar-refractivity contribution >= 4 is 46.3 Å². The highest BCUT2D eigenvalue weighted by molar-refractivity contribution is 7.10. The maximum atomic E-state index is 14.3. The first-order valence-electron chi connectivity index (χ1n) is 13.9. The second kappa shape index (κ2) is 13.4. The van der Waals surface area contributed by atoms with Crippen LogP contribution in [-0.2, 0) is 9.59 Å². The minimum atomic E-state index is -0.947. The smallest absolute Gasteiger partial charge is 0.254 e. The van der Waals surface area contributed by atoms with Crippen molar-refractivity contribution in [1.29, 1.82) is 0 Å². The molecule has 1 aromatic heterocycles. The number of halogens is 2. The van der Waals surface area contributed by atoms with Crippen molar-refractivity contribution in [2.45, 2.75) is 25.9 Å². The van der Waals surface area contributed by atoms with Gasteiger partial charge in [-0.3, -0.25) is 19.3 Å². The molecule has 1 aliphatic rings. The maximum Gasteiger partial charge on any atom is 0.254 e. The molecule has 2 atom stereocenters. The Bertz CT molecular complexity index is 1580. The van der Waals surface area contributed by atoms with Crippen molar-refractivity contribution in [1.82, 2.24) is 9.80 Å². The Morgan fingerprint density at radius 3 is 2.37 bits per heavy atom. The van der Waals surface area contributed by atoms with Crippen molar-refractivity contribution < 1.29 is 23.5 Å². The van der Waals surface area contributed by atoms with E-state index >= 15 is 0 Å². The molecule has 3 aromatic carbocycles. The van der Waals surface area contributed by atoms with E-state index in [0.717, 1.165) is 5.56 Å². The van der Waals surface area contributed by atoms with Gasteiger partial charge >= 0.3 is 0 Å². The fourth-order valence-electron chi connectivity index (χ4n) is 5.27. The topological polar surface area (TPSA) is 70.2 Å². The molecule has 0 N–H and O–H groups in total. The number of alkyl halides is 1. The van der Waals surface area contributed by atoms with Crippen molar-refractivity contribution in [2.75, 3.05) is 30.4 Å². The summed E-state index contributed by atoms with van der Waals surface area (Å²) in [4.78, 5) is 46.5. The highest BCUT2D eigenvalue weighted by Crippen LogP contribution is 2.36. The van der Waals surface area contributed by atoms with Gasteiger partial charge in [0.15, 0.2) is 0 Å². The second-order valence-corrected chi connectivity index (χ2v) is 11.6. The minimum Gasteiger partial charge on any atom is -0.457 e. The third kappa shape index (κ3) is 6.73. The van der Waals surface area contributed by atoms with Crippen molar-refractivity contribution in [3.05, 3.63) is 112 Å². The van der Waals surface area contributed by atoms with Gasteiger partial charge in [-0.2, -0.15) is 0 Å². The summed E-state index contributed by atoms with van der Waals surface area (Å²) in [5.41, 5.74) is 1.68. The maximum absolute atomic E-state index is 14.3. The van der Waals surface area contributed by atoms with Crippen LogP contribution in [0.25, 0.3) is 0 Å². The van der Waals surface area contributed by atoms with Crippen LogP contribution >= 0.6 is 22.9 Å². The van der Waals surface area contributed by atoms with Crippen LogP contribution in [0.5, 0.6) is 11.5 Å². The Labute approximate surface area is 259 Å². The van der Waals surface area contributed by atoms with Gasteiger partial charge < -0.3 is 14.5 Å². The molecule has 10 heteroatoms. The Balaban J connectivity index is 1.41. The van der Waals surface area contributed by atoms with Crippen LogP contribution in [0, 0.1) is 12.7 Å². The lowest BCUT2D eigenvalue weighted by Gasteiger charge is -2.42. The number of amides is 3. The van der Waals surface area contributed by atoms with Crippen molar-refractivity contribution in [3.8, 4) is 11.5 Å². The van der Waals surface area contributed by atoms with Crippen molar-refractivity contribution in [3.63, 3.8) is 0 Å². The molecule has 2 unspecified atom stereocenters. The third-order valence-corrected chi connectivity index (χ3v) is 8.54. The first kappa shape index (κ1) is 30.3. The predicted molar refractivity (Wildman–Crippen MR) is 166 cm³/mol. The Morgan fingerprint density at radius 1 is 1.00 bits per heavy atom. The van der Waals surface area contributed by atoms with Gasteiger partial charge in [-0.1, -0.05) is 24.3 Å². The highest BCUT2D eigenvalue weighted by Gasteiger charge is 2.39. The molecule has 0 radical (unpaired) electrons. The number of nitrogens with zero attached hydrogens (tertiary/aromatic N) is 3. The number of aryl methyl sites for hydroxylation is 1. The fraction of sp³-hybridized carbons (Fsp3) is 0.242. The van der Waals surface area contributed by atoms with E-state index in [4.69, 9.17) is 16.3 Å². The van der Waals surface area contributed by atoms with Crippen LogP contribution in [0.2, 0.25) is 0 Å². The Hall–Kier alpha value is -4.21. The van der Waals surface area contributed by atoms with E-state index in [1.165, 1.54) is 40.5 Å². The quantitative estimate of drug-likeness (QED) is 0.207. The summed E-state index contributed by atoms with van der Waals surface area (Å²) in [5, 5.41) is 1.87. The summed E-state index contributed by atoms with van der Waals surface area (Å²) in [7, 11) is 0. The van der Waals surface area contributed by atoms with Gasteiger partial charge in [0.1, 0.15) is 29.2 Å². The number of carbonyl (C=O) groups excluding carboxylic acids is 3. The molecule has 3 amide bonds. The molecule has 1 fully saturated rings. The number of thiophene rings is 1. The molecule has 5 rings (SSSR count). The predicted octanol–water partition coefficient (Wildman–Crippen LogP) is 6.67. The summed E-state index contributed by atoms with van der Waals surface area (Å²) in [6.07, 6.45) is 0. The van der Waals surface area contributed by atoms with E-state index in [9.17, 15) is 18.8 Å². The molecule has 43 heavy (non-hydrogen) atoms. The first-order chi connectivity index (χ1) is 20.8. The number of piperazine rings is 1. The molecule has 0 spiro atoms. The van der Waals surface area contributed by atoms with Gasteiger partial charge in [0.05, 0.1) is 0 Å². The number of ether oxygens (including phenoxy) is 1. The minimum absolute atomic E-state index is 0.221. The van der Waals surface area contributed by atoms with Gasteiger partial charge in [-0.15, -0.1) is 22.9 Å². The molecule has 4 aromatic rings. The van der Waals surface area contributed by atoms with Crippen molar-refractivity contribution in [2.24, 2.45) is 0 Å². The monoisotopic (exact) mass is 619 g/mol. The van der Waals surface area contributed by atoms with Gasteiger partial charge in [-0.25, -0.2) is 4.39 Å². The number of rotatable bonds is 8. The Kier molecular flexibility index (Phi) is 9.43. The lowest BCUT2D eigenvalue weighted by atomic mass is 10.1. The summed E-state index contributed by atoms with van der Waals surface area (Å²) in [5.74, 6) is -0.336. The highest BCUT2D eigenvalue weighted by atomic mass is 35.5. The first-order valence-corrected chi connectivity index (χ1v) is 15.3. The van der Waals surface area contributed by atoms with Crippen LogP contribution in [0.15, 0.2) is 90.3 Å². The van der Waals surface area contributed by atoms with E-state index in [0.29, 0.717) is 34.2 Å². The van der Waals surface area contributed by atoms with Crippen LogP contribution < -0.4 is 9.64 Å². The van der Waals surface area contributed by atoms with E-state index in [2.05, 4.69) is 0 Å². The molecule has 0 bridgehead atoms. The largest absolute Gasteiger partial charge is 0.457 e. The fourth-order valence-corrected chi connectivity index (χ4v) is 6.20. The zero-order valence-corrected chi connectivity index (χ0v) is 25.4. The van der Waals surface area contributed by atoms with Crippen LogP contribution in [0.1, 0.15) is 33.8 Å². The number of carbonyl (C=O) groups is 3. The summed E-state index contributed by atoms with van der Waals surface area (Å²) >= 11 is 7.51. The molecular weight excluding hydrogens is 589 g/mol. The van der Waals surface area contributed by atoms with Crippen LogP contribution in [-0.4, -0.2) is 59.1 Å². The zero-order valence-electron chi connectivity index (χ0n) is 23.8. The lowest BCUT2D eigenvalue weighted by Crippen LogP contribution is -2.57. The van der Waals surface area contributed by atoms with E-state index in [1.54, 1.807) is 21.9 Å². The van der Waals surface area contributed by atoms with E-state index in [1.807, 2.05) is 67.8 Å². The van der Waals surface area contributed by atoms with Gasteiger partial charge in [-0.05, 0) is 85.5 Å². The molecule has 1 aliphatic heterocycles. The molecular formula is C33H31ClFN3O4S. The average molecular weight is 620 g/mol. The SMILES string of the molecule is Cc1cc(Oc2ccccc2)ccc1N(C(=O)CCl)C(C(=O)N1CCN(C(=O)c2ccc(F)cc2)C(C)C1)c1cccs1.